The molecule has 0 saturated heterocycles. The van der Waals surface area contributed by atoms with Gasteiger partial charge in [0, 0.05) is 24.4 Å². The molecule has 0 aliphatic heterocycles. The Bertz CT molecular complexity index is 1010. The van der Waals surface area contributed by atoms with Crippen molar-refractivity contribution >= 4 is 23.0 Å². The summed E-state index contributed by atoms with van der Waals surface area (Å²) in [4.78, 5) is 10.3. The van der Waals surface area contributed by atoms with Crippen molar-refractivity contribution in [2.75, 3.05) is 11.9 Å². The maximum atomic E-state index is 13.0. The first-order valence-corrected chi connectivity index (χ1v) is 9.65. The van der Waals surface area contributed by atoms with Gasteiger partial charge in [-0.2, -0.15) is 0 Å². The summed E-state index contributed by atoms with van der Waals surface area (Å²) in [5.41, 5.74) is 2.44. The van der Waals surface area contributed by atoms with Crippen LogP contribution in [0.15, 0.2) is 60.7 Å². The highest BCUT2D eigenvalue weighted by Gasteiger charge is 2.14. The first kappa shape index (κ1) is 21.4. The molecule has 0 atom stereocenters. The van der Waals surface area contributed by atoms with Gasteiger partial charge in [-0.25, -0.2) is 4.39 Å². The molecule has 0 aliphatic carbocycles. The van der Waals surface area contributed by atoms with E-state index in [9.17, 15) is 14.5 Å². The smallest absolute Gasteiger partial charge is 0.269 e. The lowest BCUT2D eigenvalue weighted by Gasteiger charge is -2.16. The molecule has 3 rings (SSSR count). The van der Waals surface area contributed by atoms with Gasteiger partial charge in [-0.05, 0) is 66.6 Å². The number of benzene rings is 3. The van der Waals surface area contributed by atoms with E-state index in [2.05, 4.69) is 5.32 Å². The summed E-state index contributed by atoms with van der Waals surface area (Å²) >= 11 is 6.43. The summed E-state index contributed by atoms with van der Waals surface area (Å²) < 4.78 is 24.6. The molecule has 0 saturated carbocycles. The van der Waals surface area contributed by atoms with E-state index in [1.54, 1.807) is 30.3 Å². The zero-order valence-electron chi connectivity index (χ0n) is 16.2. The molecule has 0 aromatic heterocycles. The number of hydrogen-bond donors (Lipinski definition) is 1. The topological polar surface area (TPSA) is 73.6 Å². The second-order valence-electron chi connectivity index (χ2n) is 6.41. The summed E-state index contributed by atoms with van der Waals surface area (Å²) in [6.07, 6.45) is 0. The number of ether oxygens (including phenoxy) is 2. The highest BCUT2D eigenvalue weighted by Crippen LogP contribution is 2.37. The molecule has 3 aromatic carbocycles. The van der Waals surface area contributed by atoms with E-state index < -0.39 is 4.92 Å². The lowest BCUT2D eigenvalue weighted by molar-refractivity contribution is -0.384. The van der Waals surface area contributed by atoms with Crippen molar-refractivity contribution in [1.29, 1.82) is 0 Å². The average Bonchev–Trinajstić information content (AvgIpc) is 2.73. The van der Waals surface area contributed by atoms with Gasteiger partial charge in [0.2, 0.25) is 0 Å². The van der Waals surface area contributed by atoms with Crippen LogP contribution in [0.1, 0.15) is 18.1 Å². The summed E-state index contributed by atoms with van der Waals surface area (Å²) in [5, 5.41) is 14.3. The van der Waals surface area contributed by atoms with Gasteiger partial charge >= 0.3 is 0 Å². The van der Waals surface area contributed by atoms with Gasteiger partial charge in [0.05, 0.1) is 16.6 Å². The molecule has 3 aromatic rings. The number of nitro groups is 1. The molecule has 156 valence electrons. The van der Waals surface area contributed by atoms with Crippen LogP contribution in [0.4, 0.5) is 15.8 Å². The highest BCUT2D eigenvalue weighted by molar-refractivity contribution is 6.32. The van der Waals surface area contributed by atoms with E-state index in [-0.39, 0.29) is 18.1 Å². The van der Waals surface area contributed by atoms with Crippen molar-refractivity contribution in [3.63, 3.8) is 0 Å². The monoisotopic (exact) mass is 430 g/mol. The minimum Gasteiger partial charge on any atom is -0.490 e. The average molecular weight is 431 g/mol. The van der Waals surface area contributed by atoms with Crippen molar-refractivity contribution < 1.29 is 18.8 Å². The lowest BCUT2D eigenvalue weighted by Crippen LogP contribution is -2.04. The quantitative estimate of drug-likeness (QED) is 0.334. The number of nitro benzene ring substituents is 1. The van der Waals surface area contributed by atoms with Crippen molar-refractivity contribution in [1.82, 2.24) is 0 Å². The second-order valence-corrected chi connectivity index (χ2v) is 6.82. The number of non-ortho nitro benzene ring substituents is 1. The van der Waals surface area contributed by atoms with Gasteiger partial charge in [0.25, 0.3) is 5.69 Å². The summed E-state index contributed by atoms with van der Waals surface area (Å²) in [5.74, 6) is 0.613. The predicted molar refractivity (Wildman–Crippen MR) is 114 cm³/mol. The van der Waals surface area contributed by atoms with Crippen molar-refractivity contribution in [3.05, 3.63) is 92.7 Å². The Morgan fingerprint density at radius 2 is 1.73 bits per heavy atom. The van der Waals surface area contributed by atoms with Gasteiger partial charge < -0.3 is 14.8 Å². The predicted octanol–water partition coefficient (Wildman–Crippen LogP) is 5.98. The lowest BCUT2D eigenvalue weighted by atomic mass is 10.2. The number of nitrogens with one attached hydrogen (secondary N) is 1. The Kier molecular flexibility index (Phi) is 7.08. The van der Waals surface area contributed by atoms with Crippen LogP contribution in [-0.4, -0.2) is 11.5 Å². The standard InChI is InChI=1S/C22H20ClFN2O4/c1-2-29-21-12-16(13-25-18-7-5-17(24)6-8-18)11-20(23)22(21)30-14-15-3-9-19(10-4-15)26(27)28/h3-12,25H,2,13-14H2,1H3. The first-order valence-electron chi connectivity index (χ1n) is 9.27. The van der Waals surface area contributed by atoms with Crippen molar-refractivity contribution in [3.8, 4) is 11.5 Å². The van der Waals surface area contributed by atoms with Crippen LogP contribution in [0.5, 0.6) is 11.5 Å². The molecule has 0 aliphatic rings. The van der Waals surface area contributed by atoms with Crippen LogP contribution < -0.4 is 14.8 Å². The van der Waals surface area contributed by atoms with Gasteiger partial charge in [-0.15, -0.1) is 0 Å². The summed E-state index contributed by atoms with van der Waals surface area (Å²) in [7, 11) is 0. The molecule has 0 unspecified atom stereocenters. The fourth-order valence-electron chi connectivity index (χ4n) is 2.77. The van der Waals surface area contributed by atoms with Crippen LogP contribution >= 0.6 is 11.6 Å². The minimum absolute atomic E-state index is 0.0183. The van der Waals surface area contributed by atoms with E-state index in [0.717, 1.165) is 16.8 Å². The van der Waals surface area contributed by atoms with Crippen molar-refractivity contribution in [2.24, 2.45) is 0 Å². The SMILES string of the molecule is CCOc1cc(CNc2ccc(F)cc2)cc(Cl)c1OCc1ccc([N+](=O)[O-])cc1. The Hall–Kier alpha value is -3.32. The van der Waals surface area contributed by atoms with Crippen LogP contribution in [0.25, 0.3) is 0 Å². The molecule has 1 N–H and O–H groups in total. The van der Waals surface area contributed by atoms with Gasteiger partial charge in [-0.3, -0.25) is 10.1 Å². The molecule has 0 radical (unpaired) electrons. The van der Waals surface area contributed by atoms with E-state index in [1.165, 1.54) is 24.3 Å². The van der Waals surface area contributed by atoms with Crippen LogP contribution in [0.3, 0.4) is 0 Å². The Morgan fingerprint density at radius 3 is 2.37 bits per heavy atom. The zero-order valence-corrected chi connectivity index (χ0v) is 17.0. The maximum absolute atomic E-state index is 13.0. The molecule has 0 bridgehead atoms. The molecule has 8 heteroatoms. The highest BCUT2D eigenvalue weighted by atomic mass is 35.5. The maximum Gasteiger partial charge on any atom is 0.269 e. The van der Waals surface area contributed by atoms with Gasteiger partial charge in [0.1, 0.15) is 12.4 Å². The number of nitrogens with zero attached hydrogens (tertiary/aromatic N) is 1. The van der Waals surface area contributed by atoms with Crippen LogP contribution in [-0.2, 0) is 13.2 Å². The number of anilines is 1. The molecule has 0 spiro atoms. The normalized spacial score (nSPS) is 10.5. The molecule has 0 heterocycles. The largest absolute Gasteiger partial charge is 0.490 e. The molecule has 6 nitrogen and oxygen atoms in total. The van der Waals surface area contributed by atoms with Crippen molar-refractivity contribution in [2.45, 2.75) is 20.1 Å². The van der Waals surface area contributed by atoms with E-state index in [4.69, 9.17) is 21.1 Å². The van der Waals surface area contributed by atoms with E-state index in [1.807, 2.05) is 13.0 Å². The Labute approximate surface area is 178 Å². The third-order valence-electron chi connectivity index (χ3n) is 4.24. The van der Waals surface area contributed by atoms with Crippen LogP contribution in [0.2, 0.25) is 5.02 Å². The number of halogens is 2. The van der Waals surface area contributed by atoms with Gasteiger partial charge in [-0.1, -0.05) is 11.6 Å². The Morgan fingerprint density at radius 1 is 1.03 bits per heavy atom. The first-order chi connectivity index (χ1) is 14.5. The third kappa shape index (κ3) is 5.61. The summed E-state index contributed by atoms with van der Waals surface area (Å²) in [6, 6.07) is 15.8. The molecular weight excluding hydrogens is 411 g/mol. The number of hydrogen-bond acceptors (Lipinski definition) is 5. The third-order valence-corrected chi connectivity index (χ3v) is 4.52. The van der Waals surface area contributed by atoms with Gasteiger partial charge in [0.15, 0.2) is 11.5 Å². The second kappa shape index (κ2) is 9.93. The molecule has 30 heavy (non-hydrogen) atoms. The minimum atomic E-state index is -0.451. The fraction of sp³-hybridized carbons (Fsp3) is 0.182. The molecule has 0 fully saturated rings. The molecule has 0 amide bonds. The number of rotatable bonds is 9. The Balaban J connectivity index is 1.72. The van der Waals surface area contributed by atoms with E-state index >= 15 is 0 Å². The fourth-order valence-corrected chi connectivity index (χ4v) is 3.06. The van der Waals surface area contributed by atoms with E-state index in [0.29, 0.717) is 29.7 Å². The molecular formula is C22H20ClFN2O4. The zero-order chi connectivity index (χ0) is 21.5. The summed E-state index contributed by atoms with van der Waals surface area (Å²) in [6.45, 7) is 2.94. The van der Waals surface area contributed by atoms with Crippen LogP contribution in [0, 0.1) is 15.9 Å².